The predicted molar refractivity (Wildman–Crippen MR) is 81.7 cm³/mol. The molecule has 0 fully saturated rings. The third-order valence-corrected chi connectivity index (χ3v) is 3.07. The van der Waals surface area contributed by atoms with Gasteiger partial charge in [0.15, 0.2) is 0 Å². The molecule has 2 rings (SSSR count). The van der Waals surface area contributed by atoms with E-state index in [1.54, 1.807) is 16.8 Å². The number of aryl methyl sites for hydroxylation is 1. The minimum atomic E-state index is -0.180. The van der Waals surface area contributed by atoms with Crippen molar-refractivity contribution >= 4 is 11.7 Å². The molecule has 0 aliphatic heterocycles. The van der Waals surface area contributed by atoms with Gasteiger partial charge in [0.2, 0.25) is 0 Å². The Morgan fingerprint density at radius 2 is 2.10 bits per heavy atom. The maximum absolute atomic E-state index is 12.2. The lowest BCUT2D eigenvalue weighted by molar-refractivity contribution is 0.0950. The van der Waals surface area contributed by atoms with Gasteiger partial charge in [-0.3, -0.25) is 9.48 Å². The first-order chi connectivity index (χ1) is 9.75. The quantitative estimate of drug-likeness (QED) is 0.898. The van der Waals surface area contributed by atoms with Crippen molar-refractivity contribution in [3.8, 4) is 0 Å². The molecule has 0 aliphatic carbocycles. The zero-order valence-corrected chi connectivity index (χ0v) is 12.8. The number of pyridine rings is 1. The molecule has 0 saturated heterocycles. The second kappa shape index (κ2) is 5.55. The number of anilines is 1. The van der Waals surface area contributed by atoms with Crippen LogP contribution in [0.2, 0.25) is 0 Å². The highest BCUT2D eigenvalue weighted by Crippen LogP contribution is 2.22. The van der Waals surface area contributed by atoms with Gasteiger partial charge in [-0.15, -0.1) is 0 Å². The van der Waals surface area contributed by atoms with Crippen molar-refractivity contribution in [1.29, 1.82) is 0 Å². The standard InChI is InChI=1S/C15H21N5O/c1-15(2,3)12-7-10(8-13(16)18-12)14(21)17-9-11-5-6-20(4)19-11/h5-8H,9H2,1-4H3,(H2,16,18)(H,17,21). The molecule has 2 heterocycles. The van der Waals surface area contributed by atoms with Crippen LogP contribution in [-0.4, -0.2) is 20.7 Å². The van der Waals surface area contributed by atoms with E-state index in [-0.39, 0.29) is 11.3 Å². The van der Waals surface area contributed by atoms with Gasteiger partial charge >= 0.3 is 0 Å². The number of rotatable bonds is 3. The molecule has 6 nitrogen and oxygen atoms in total. The van der Waals surface area contributed by atoms with Gasteiger partial charge in [0, 0.05) is 29.9 Å². The number of nitrogen functional groups attached to an aromatic ring is 1. The average molecular weight is 287 g/mol. The summed E-state index contributed by atoms with van der Waals surface area (Å²) in [5.41, 5.74) is 7.76. The molecule has 6 heteroatoms. The Hall–Kier alpha value is -2.37. The van der Waals surface area contributed by atoms with E-state index in [0.29, 0.717) is 17.9 Å². The maximum atomic E-state index is 12.2. The average Bonchev–Trinajstić information content (AvgIpc) is 2.80. The number of carbonyl (C=O) groups excluding carboxylic acids is 1. The summed E-state index contributed by atoms with van der Waals surface area (Å²) in [6.45, 7) is 6.48. The summed E-state index contributed by atoms with van der Waals surface area (Å²) in [6, 6.07) is 5.23. The minimum absolute atomic E-state index is 0.161. The van der Waals surface area contributed by atoms with Gasteiger partial charge < -0.3 is 11.1 Å². The number of nitrogens with one attached hydrogen (secondary N) is 1. The fraction of sp³-hybridized carbons (Fsp3) is 0.400. The normalized spacial score (nSPS) is 11.4. The van der Waals surface area contributed by atoms with Crippen LogP contribution in [0.3, 0.4) is 0 Å². The Labute approximate surface area is 124 Å². The second-order valence-electron chi connectivity index (χ2n) is 6.08. The van der Waals surface area contributed by atoms with Crippen molar-refractivity contribution < 1.29 is 4.79 Å². The van der Waals surface area contributed by atoms with Crippen LogP contribution in [0.15, 0.2) is 24.4 Å². The number of nitrogens with zero attached hydrogens (tertiary/aromatic N) is 3. The van der Waals surface area contributed by atoms with Gasteiger partial charge in [-0.2, -0.15) is 5.10 Å². The molecule has 0 aliphatic rings. The van der Waals surface area contributed by atoms with Crippen LogP contribution < -0.4 is 11.1 Å². The first-order valence-electron chi connectivity index (χ1n) is 6.80. The zero-order chi connectivity index (χ0) is 15.6. The lowest BCUT2D eigenvalue weighted by atomic mass is 9.90. The van der Waals surface area contributed by atoms with Crippen molar-refractivity contribution in [1.82, 2.24) is 20.1 Å². The highest BCUT2D eigenvalue weighted by molar-refractivity contribution is 5.94. The van der Waals surface area contributed by atoms with Crippen molar-refractivity contribution in [3.05, 3.63) is 41.3 Å². The van der Waals surface area contributed by atoms with Crippen LogP contribution in [0.1, 0.15) is 42.5 Å². The molecule has 1 amide bonds. The molecular formula is C15H21N5O. The zero-order valence-electron chi connectivity index (χ0n) is 12.8. The third-order valence-electron chi connectivity index (χ3n) is 3.07. The summed E-state index contributed by atoms with van der Waals surface area (Å²) < 4.78 is 1.70. The molecule has 0 unspecified atom stereocenters. The predicted octanol–water partition coefficient (Wildman–Crippen LogP) is 1.62. The summed E-state index contributed by atoms with van der Waals surface area (Å²) in [4.78, 5) is 16.5. The van der Waals surface area contributed by atoms with E-state index >= 15 is 0 Å². The third kappa shape index (κ3) is 3.81. The molecule has 2 aromatic rings. The van der Waals surface area contributed by atoms with E-state index in [1.165, 1.54) is 0 Å². The number of amides is 1. The van der Waals surface area contributed by atoms with Gasteiger partial charge in [0.25, 0.3) is 5.91 Å². The van der Waals surface area contributed by atoms with Crippen molar-refractivity contribution in [2.24, 2.45) is 7.05 Å². The van der Waals surface area contributed by atoms with E-state index in [4.69, 9.17) is 5.73 Å². The number of nitrogens with two attached hydrogens (primary N) is 1. The van der Waals surface area contributed by atoms with E-state index < -0.39 is 0 Å². The highest BCUT2D eigenvalue weighted by Gasteiger charge is 2.18. The van der Waals surface area contributed by atoms with Gasteiger partial charge in [0.05, 0.1) is 12.2 Å². The molecule has 0 atom stereocenters. The highest BCUT2D eigenvalue weighted by atomic mass is 16.1. The van der Waals surface area contributed by atoms with Crippen molar-refractivity contribution in [2.75, 3.05) is 5.73 Å². The summed E-state index contributed by atoms with van der Waals surface area (Å²) in [6.07, 6.45) is 1.84. The fourth-order valence-corrected chi connectivity index (χ4v) is 1.90. The van der Waals surface area contributed by atoms with Crippen molar-refractivity contribution in [2.45, 2.75) is 32.7 Å². The van der Waals surface area contributed by atoms with Crippen LogP contribution in [-0.2, 0) is 19.0 Å². The summed E-state index contributed by atoms with van der Waals surface area (Å²) in [5.74, 6) is 0.172. The Morgan fingerprint density at radius 3 is 2.67 bits per heavy atom. The largest absolute Gasteiger partial charge is 0.384 e. The lowest BCUT2D eigenvalue weighted by Crippen LogP contribution is -2.24. The lowest BCUT2D eigenvalue weighted by Gasteiger charge is -2.19. The van der Waals surface area contributed by atoms with Crippen LogP contribution in [0.25, 0.3) is 0 Å². The number of carbonyl (C=O) groups is 1. The fourth-order valence-electron chi connectivity index (χ4n) is 1.90. The summed E-state index contributed by atoms with van der Waals surface area (Å²) in [7, 11) is 1.84. The van der Waals surface area contributed by atoms with Crippen LogP contribution >= 0.6 is 0 Å². The molecule has 0 radical (unpaired) electrons. The van der Waals surface area contributed by atoms with Crippen LogP contribution in [0.4, 0.5) is 5.82 Å². The monoisotopic (exact) mass is 287 g/mol. The Morgan fingerprint density at radius 1 is 1.38 bits per heavy atom. The molecule has 0 bridgehead atoms. The topological polar surface area (TPSA) is 85.8 Å². The molecule has 2 aromatic heterocycles. The molecule has 0 spiro atoms. The summed E-state index contributed by atoms with van der Waals surface area (Å²) >= 11 is 0. The van der Waals surface area contributed by atoms with Gasteiger partial charge in [0.1, 0.15) is 5.82 Å². The van der Waals surface area contributed by atoms with Crippen LogP contribution in [0, 0.1) is 0 Å². The van der Waals surface area contributed by atoms with E-state index in [0.717, 1.165) is 11.4 Å². The Bertz CT molecular complexity index is 654. The summed E-state index contributed by atoms with van der Waals surface area (Å²) in [5, 5.41) is 7.05. The van der Waals surface area contributed by atoms with E-state index in [2.05, 4.69) is 15.4 Å². The molecule has 112 valence electrons. The molecule has 0 saturated carbocycles. The van der Waals surface area contributed by atoms with Crippen molar-refractivity contribution in [3.63, 3.8) is 0 Å². The molecule has 3 N–H and O–H groups in total. The number of aromatic nitrogens is 3. The Kier molecular flexibility index (Phi) is 3.97. The maximum Gasteiger partial charge on any atom is 0.251 e. The number of hydrogen-bond acceptors (Lipinski definition) is 4. The van der Waals surface area contributed by atoms with E-state index in [1.807, 2.05) is 40.1 Å². The molecule has 0 aromatic carbocycles. The van der Waals surface area contributed by atoms with Gasteiger partial charge in [-0.1, -0.05) is 20.8 Å². The number of hydrogen-bond donors (Lipinski definition) is 2. The first-order valence-corrected chi connectivity index (χ1v) is 6.80. The SMILES string of the molecule is Cn1ccc(CNC(=O)c2cc(N)nc(C(C)(C)C)c2)n1. The first kappa shape index (κ1) is 15.0. The van der Waals surface area contributed by atoms with E-state index in [9.17, 15) is 4.79 Å². The molecule has 21 heavy (non-hydrogen) atoms. The second-order valence-corrected chi connectivity index (χ2v) is 6.08. The molecular weight excluding hydrogens is 266 g/mol. The Balaban J connectivity index is 2.13. The van der Waals surface area contributed by atoms with Gasteiger partial charge in [-0.05, 0) is 18.2 Å². The minimum Gasteiger partial charge on any atom is -0.384 e. The van der Waals surface area contributed by atoms with Gasteiger partial charge in [-0.25, -0.2) is 4.98 Å². The van der Waals surface area contributed by atoms with Crippen LogP contribution in [0.5, 0.6) is 0 Å². The smallest absolute Gasteiger partial charge is 0.251 e.